The van der Waals surface area contributed by atoms with Crippen molar-refractivity contribution in [1.29, 1.82) is 0 Å². The van der Waals surface area contributed by atoms with Crippen LogP contribution in [-0.4, -0.2) is 29.3 Å². The van der Waals surface area contributed by atoms with E-state index in [2.05, 4.69) is 5.32 Å². The average Bonchev–Trinajstić information content (AvgIpc) is 2.73. The molecule has 0 heterocycles. The number of carbonyl (C=O) groups is 2. The average molecular weight is 364 g/mol. The number of rotatable bonds is 6. The van der Waals surface area contributed by atoms with Crippen LogP contribution in [0.15, 0.2) is 54.6 Å². The highest BCUT2D eigenvalue weighted by molar-refractivity contribution is 5.97. The van der Waals surface area contributed by atoms with Gasteiger partial charge in [0.2, 0.25) is 0 Å². The minimum atomic E-state index is -0.0440. The van der Waals surface area contributed by atoms with Gasteiger partial charge in [-0.3, -0.25) is 9.59 Å². The molecular formula is C23H28N2O2. The van der Waals surface area contributed by atoms with Gasteiger partial charge in [0.15, 0.2) is 0 Å². The molecule has 0 saturated heterocycles. The van der Waals surface area contributed by atoms with E-state index < -0.39 is 0 Å². The summed E-state index contributed by atoms with van der Waals surface area (Å²) in [5, 5.41) is 3.12. The van der Waals surface area contributed by atoms with Crippen molar-refractivity contribution in [1.82, 2.24) is 10.2 Å². The van der Waals surface area contributed by atoms with E-state index in [-0.39, 0.29) is 17.9 Å². The number of carbonyl (C=O) groups excluding carboxylic acids is 2. The molecule has 1 aliphatic rings. The predicted octanol–water partition coefficient (Wildman–Crippen LogP) is 4.41. The Bertz CT molecular complexity index is 750. The SMILES string of the molecule is CCN(Cc1ccccc1)C(=O)c1ccc(C(=O)NC2CCCCC2)cc1. The highest BCUT2D eigenvalue weighted by atomic mass is 16.2. The van der Waals surface area contributed by atoms with E-state index in [0.29, 0.717) is 24.2 Å². The van der Waals surface area contributed by atoms with Crippen LogP contribution in [0.4, 0.5) is 0 Å². The summed E-state index contributed by atoms with van der Waals surface area (Å²) in [6.45, 7) is 3.20. The van der Waals surface area contributed by atoms with Gasteiger partial charge in [0.25, 0.3) is 11.8 Å². The van der Waals surface area contributed by atoms with Crippen molar-refractivity contribution in [3.05, 3.63) is 71.3 Å². The van der Waals surface area contributed by atoms with Gasteiger partial charge in [0, 0.05) is 30.3 Å². The molecule has 0 unspecified atom stereocenters. The number of benzene rings is 2. The first-order valence-corrected chi connectivity index (χ1v) is 9.91. The second-order valence-corrected chi connectivity index (χ2v) is 7.19. The van der Waals surface area contributed by atoms with Crippen LogP contribution < -0.4 is 5.32 Å². The quantitative estimate of drug-likeness (QED) is 0.825. The van der Waals surface area contributed by atoms with Gasteiger partial charge in [-0.1, -0.05) is 49.6 Å². The lowest BCUT2D eigenvalue weighted by Gasteiger charge is -2.23. The van der Waals surface area contributed by atoms with Crippen LogP contribution >= 0.6 is 0 Å². The molecule has 0 bridgehead atoms. The fourth-order valence-corrected chi connectivity index (χ4v) is 3.59. The van der Waals surface area contributed by atoms with Gasteiger partial charge in [-0.15, -0.1) is 0 Å². The van der Waals surface area contributed by atoms with E-state index in [1.807, 2.05) is 42.2 Å². The normalized spacial score (nSPS) is 14.6. The highest BCUT2D eigenvalue weighted by Gasteiger charge is 2.18. The Morgan fingerprint density at radius 1 is 0.926 bits per heavy atom. The molecule has 2 amide bonds. The van der Waals surface area contributed by atoms with Gasteiger partial charge in [0.05, 0.1) is 0 Å². The van der Waals surface area contributed by atoms with Gasteiger partial charge in [-0.05, 0) is 49.6 Å². The van der Waals surface area contributed by atoms with Crippen LogP contribution in [0.5, 0.6) is 0 Å². The molecule has 0 spiro atoms. The van der Waals surface area contributed by atoms with E-state index in [0.717, 1.165) is 18.4 Å². The molecule has 0 atom stereocenters. The first-order chi connectivity index (χ1) is 13.2. The second-order valence-electron chi connectivity index (χ2n) is 7.19. The highest BCUT2D eigenvalue weighted by Crippen LogP contribution is 2.18. The summed E-state index contributed by atoms with van der Waals surface area (Å²) in [7, 11) is 0. The monoisotopic (exact) mass is 364 g/mol. The molecule has 27 heavy (non-hydrogen) atoms. The molecule has 2 aromatic rings. The van der Waals surface area contributed by atoms with Crippen LogP contribution in [0.3, 0.4) is 0 Å². The molecule has 0 aromatic heterocycles. The Labute approximate surface area is 161 Å². The lowest BCUT2D eigenvalue weighted by molar-refractivity contribution is 0.0752. The van der Waals surface area contributed by atoms with E-state index in [1.54, 1.807) is 24.3 Å². The third-order valence-electron chi connectivity index (χ3n) is 5.22. The van der Waals surface area contributed by atoms with Crippen molar-refractivity contribution in [3.8, 4) is 0 Å². The molecule has 1 fully saturated rings. The Morgan fingerprint density at radius 3 is 2.19 bits per heavy atom. The predicted molar refractivity (Wildman–Crippen MR) is 108 cm³/mol. The number of nitrogens with one attached hydrogen (secondary N) is 1. The van der Waals surface area contributed by atoms with Crippen molar-refractivity contribution in [2.75, 3.05) is 6.54 Å². The second kappa shape index (κ2) is 9.36. The number of hydrogen-bond acceptors (Lipinski definition) is 2. The first-order valence-electron chi connectivity index (χ1n) is 9.91. The van der Waals surface area contributed by atoms with Gasteiger partial charge >= 0.3 is 0 Å². The van der Waals surface area contributed by atoms with E-state index in [4.69, 9.17) is 0 Å². The third kappa shape index (κ3) is 5.19. The first kappa shape index (κ1) is 19.2. The minimum Gasteiger partial charge on any atom is -0.349 e. The van der Waals surface area contributed by atoms with Crippen LogP contribution in [0, 0.1) is 0 Å². The van der Waals surface area contributed by atoms with Crippen LogP contribution in [-0.2, 0) is 6.54 Å². The number of hydrogen-bond donors (Lipinski definition) is 1. The topological polar surface area (TPSA) is 49.4 Å². The zero-order valence-electron chi connectivity index (χ0n) is 16.0. The summed E-state index contributed by atoms with van der Waals surface area (Å²) >= 11 is 0. The molecule has 1 aliphatic carbocycles. The van der Waals surface area contributed by atoms with Crippen LogP contribution in [0.2, 0.25) is 0 Å². The summed E-state index contributed by atoms with van der Waals surface area (Å²) in [5.74, 6) is -0.0573. The summed E-state index contributed by atoms with van der Waals surface area (Å²) < 4.78 is 0. The smallest absolute Gasteiger partial charge is 0.254 e. The lowest BCUT2D eigenvalue weighted by atomic mass is 9.95. The molecule has 0 radical (unpaired) electrons. The summed E-state index contributed by atoms with van der Waals surface area (Å²) in [4.78, 5) is 27.0. The van der Waals surface area contributed by atoms with Crippen LogP contribution in [0.25, 0.3) is 0 Å². The molecule has 142 valence electrons. The largest absolute Gasteiger partial charge is 0.349 e. The number of amides is 2. The fourth-order valence-electron chi connectivity index (χ4n) is 3.59. The minimum absolute atomic E-state index is 0.0133. The molecular weight excluding hydrogens is 336 g/mol. The molecule has 3 rings (SSSR count). The Kier molecular flexibility index (Phi) is 6.64. The lowest BCUT2D eigenvalue weighted by Crippen LogP contribution is -2.36. The maximum Gasteiger partial charge on any atom is 0.254 e. The summed E-state index contributed by atoms with van der Waals surface area (Å²) in [6.07, 6.45) is 5.76. The van der Waals surface area contributed by atoms with E-state index in [1.165, 1.54) is 19.3 Å². The van der Waals surface area contributed by atoms with Crippen molar-refractivity contribution in [2.45, 2.75) is 51.6 Å². The molecule has 0 aliphatic heterocycles. The fraction of sp³-hybridized carbons (Fsp3) is 0.391. The summed E-state index contributed by atoms with van der Waals surface area (Å²) in [6, 6.07) is 17.3. The molecule has 2 aromatic carbocycles. The van der Waals surface area contributed by atoms with Gasteiger partial charge in [0.1, 0.15) is 0 Å². The summed E-state index contributed by atoms with van der Waals surface area (Å²) in [5.41, 5.74) is 2.33. The molecule has 1 N–H and O–H groups in total. The number of nitrogens with zero attached hydrogens (tertiary/aromatic N) is 1. The molecule has 4 heteroatoms. The maximum absolute atomic E-state index is 12.8. The maximum atomic E-state index is 12.8. The Hall–Kier alpha value is -2.62. The molecule has 4 nitrogen and oxygen atoms in total. The Morgan fingerprint density at radius 2 is 1.56 bits per heavy atom. The van der Waals surface area contributed by atoms with E-state index >= 15 is 0 Å². The van der Waals surface area contributed by atoms with Crippen molar-refractivity contribution >= 4 is 11.8 Å². The van der Waals surface area contributed by atoms with Crippen LogP contribution in [0.1, 0.15) is 65.3 Å². The van der Waals surface area contributed by atoms with Crippen molar-refractivity contribution in [3.63, 3.8) is 0 Å². The van der Waals surface area contributed by atoms with Gasteiger partial charge in [-0.2, -0.15) is 0 Å². The van der Waals surface area contributed by atoms with Crippen molar-refractivity contribution in [2.24, 2.45) is 0 Å². The van der Waals surface area contributed by atoms with Gasteiger partial charge in [-0.25, -0.2) is 0 Å². The zero-order valence-corrected chi connectivity index (χ0v) is 16.0. The van der Waals surface area contributed by atoms with Gasteiger partial charge < -0.3 is 10.2 Å². The standard InChI is InChI=1S/C23H28N2O2/c1-2-25(17-18-9-5-3-6-10-18)23(27)20-15-13-19(14-16-20)22(26)24-21-11-7-4-8-12-21/h3,5-6,9-10,13-16,21H,2,4,7-8,11-12,17H2,1H3,(H,24,26). The molecule has 1 saturated carbocycles. The Balaban J connectivity index is 1.62. The van der Waals surface area contributed by atoms with E-state index in [9.17, 15) is 9.59 Å². The van der Waals surface area contributed by atoms with Crippen molar-refractivity contribution < 1.29 is 9.59 Å². The zero-order chi connectivity index (χ0) is 19.1. The third-order valence-corrected chi connectivity index (χ3v) is 5.22.